The maximum atomic E-state index is 12.2. The lowest BCUT2D eigenvalue weighted by atomic mass is 9.87. The molecule has 1 aromatic rings. The van der Waals surface area contributed by atoms with Crippen molar-refractivity contribution in [1.82, 2.24) is 0 Å². The van der Waals surface area contributed by atoms with Gasteiger partial charge in [0.15, 0.2) is 0 Å². The lowest BCUT2D eigenvalue weighted by Crippen LogP contribution is -2.23. The number of carbonyl (C=O) groups is 1. The first-order valence-corrected chi connectivity index (χ1v) is 6.19. The predicted octanol–water partition coefficient (Wildman–Crippen LogP) is 3.97. The minimum Gasteiger partial charge on any atom is -0.299 e. The molecule has 2 rings (SSSR count). The highest BCUT2D eigenvalue weighted by molar-refractivity contribution is 6.22. The Balaban J connectivity index is 2.19. The van der Waals surface area contributed by atoms with Crippen molar-refractivity contribution in [3.8, 4) is 0 Å². The number of hydrogen-bond donors (Lipinski definition) is 0. The molecule has 0 amide bonds. The van der Waals surface area contributed by atoms with Crippen molar-refractivity contribution >= 4 is 17.4 Å². The Kier molecular flexibility index (Phi) is 3.07. The molecule has 1 aliphatic carbocycles. The van der Waals surface area contributed by atoms with Gasteiger partial charge in [-0.1, -0.05) is 44.2 Å². The maximum absolute atomic E-state index is 12.2. The highest BCUT2D eigenvalue weighted by Crippen LogP contribution is 2.45. The van der Waals surface area contributed by atoms with Gasteiger partial charge < -0.3 is 0 Å². The van der Waals surface area contributed by atoms with Crippen molar-refractivity contribution in [2.45, 2.75) is 32.1 Å². The molecule has 2 heteroatoms. The Morgan fingerprint density at radius 1 is 1.31 bits per heavy atom. The number of rotatable bonds is 2. The van der Waals surface area contributed by atoms with E-state index in [1.165, 1.54) is 0 Å². The molecule has 0 aromatic heterocycles. The molecular formula is C14H17ClO. The molecule has 2 unspecified atom stereocenters. The summed E-state index contributed by atoms with van der Waals surface area (Å²) in [6.45, 7) is 4.04. The van der Waals surface area contributed by atoms with E-state index >= 15 is 0 Å². The molecule has 0 aliphatic heterocycles. The molecule has 0 heterocycles. The summed E-state index contributed by atoms with van der Waals surface area (Å²) in [5.74, 6) is 0.301. The summed E-state index contributed by atoms with van der Waals surface area (Å²) in [6, 6.07) is 9.89. The van der Waals surface area contributed by atoms with E-state index in [9.17, 15) is 4.79 Å². The first-order chi connectivity index (χ1) is 7.52. The molecule has 0 spiro atoms. The van der Waals surface area contributed by atoms with Crippen molar-refractivity contribution < 1.29 is 4.79 Å². The topological polar surface area (TPSA) is 17.1 Å². The van der Waals surface area contributed by atoms with Gasteiger partial charge in [-0.2, -0.15) is 0 Å². The third-order valence-corrected chi connectivity index (χ3v) is 4.11. The molecule has 0 N–H and O–H groups in total. The van der Waals surface area contributed by atoms with Crippen LogP contribution in [0, 0.1) is 11.3 Å². The monoisotopic (exact) mass is 236 g/mol. The van der Waals surface area contributed by atoms with Crippen LogP contribution in [0.15, 0.2) is 30.3 Å². The van der Waals surface area contributed by atoms with Gasteiger partial charge in [0.1, 0.15) is 5.78 Å². The summed E-state index contributed by atoms with van der Waals surface area (Å²) >= 11 is 6.41. The van der Waals surface area contributed by atoms with Crippen LogP contribution in [0.1, 0.15) is 37.6 Å². The van der Waals surface area contributed by atoms with E-state index in [1.54, 1.807) is 0 Å². The second kappa shape index (κ2) is 4.21. The molecule has 1 aromatic carbocycles. The molecule has 16 heavy (non-hydrogen) atoms. The van der Waals surface area contributed by atoms with Crippen molar-refractivity contribution in [2.24, 2.45) is 11.3 Å². The van der Waals surface area contributed by atoms with Gasteiger partial charge in [-0.05, 0) is 18.4 Å². The van der Waals surface area contributed by atoms with Crippen LogP contribution >= 0.6 is 11.6 Å². The number of carbonyl (C=O) groups excluding carboxylic acids is 1. The van der Waals surface area contributed by atoms with E-state index in [0.29, 0.717) is 5.78 Å². The molecular weight excluding hydrogens is 220 g/mol. The van der Waals surface area contributed by atoms with Gasteiger partial charge in [-0.15, -0.1) is 11.6 Å². The van der Waals surface area contributed by atoms with Gasteiger partial charge in [0, 0.05) is 11.3 Å². The molecule has 0 saturated heterocycles. The number of hydrogen-bond acceptors (Lipinski definition) is 1. The van der Waals surface area contributed by atoms with Crippen LogP contribution < -0.4 is 0 Å². The normalized spacial score (nSPS) is 25.7. The van der Waals surface area contributed by atoms with Crippen LogP contribution in [-0.2, 0) is 4.79 Å². The van der Waals surface area contributed by atoms with E-state index in [4.69, 9.17) is 11.6 Å². The average molecular weight is 237 g/mol. The van der Waals surface area contributed by atoms with E-state index in [-0.39, 0.29) is 16.7 Å². The van der Waals surface area contributed by atoms with Gasteiger partial charge in [0.25, 0.3) is 0 Å². The largest absolute Gasteiger partial charge is 0.299 e. The fourth-order valence-electron chi connectivity index (χ4n) is 2.42. The molecule has 0 radical (unpaired) electrons. The minimum atomic E-state index is -0.188. The summed E-state index contributed by atoms with van der Waals surface area (Å²) in [7, 11) is 0. The molecule has 1 nitrogen and oxygen atoms in total. The Labute approximate surface area is 102 Å². The summed E-state index contributed by atoms with van der Waals surface area (Å²) in [6.07, 6.45) is 1.86. The Bertz CT molecular complexity index is 383. The summed E-state index contributed by atoms with van der Waals surface area (Å²) in [5, 5.41) is -0.171. The number of benzene rings is 1. The van der Waals surface area contributed by atoms with Crippen LogP contribution in [0.4, 0.5) is 0 Å². The van der Waals surface area contributed by atoms with Crippen molar-refractivity contribution in [1.29, 1.82) is 0 Å². The zero-order valence-electron chi connectivity index (χ0n) is 9.74. The quantitative estimate of drug-likeness (QED) is 0.710. The fraction of sp³-hybridized carbons (Fsp3) is 0.500. The lowest BCUT2D eigenvalue weighted by molar-refractivity contribution is -0.127. The van der Waals surface area contributed by atoms with Gasteiger partial charge >= 0.3 is 0 Å². The Morgan fingerprint density at radius 2 is 1.94 bits per heavy atom. The second-order valence-corrected chi connectivity index (χ2v) is 5.68. The third-order valence-electron chi connectivity index (χ3n) is 3.56. The zero-order valence-corrected chi connectivity index (χ0v) is 10.5. The smallest absolute Gasteiger partial charge is 0.143 e. The average Bonchev–Trinajstić information content (AvgIpc) is 2.55. The summed E-state index contributed by atoms with van der Waals surface area (Å²) < 4.78 is 0. The molecule has 86 valence electrons. The highest BCUT2D eigenvalue weighted by Gasteiger charge is 2.43. The molecule has 1 aliphatic rings. The number of halogens is 1. The number of ketones is 1. The van der Waals surface area contributed by atoms with Crippen LogP contribution in [0.2, 0.25) is 0 Å². The van der Waals surface area contributed by atoms with E-state index in [2.05, 4.69) is 0 Å². The van der Waals surface area contributed by atoms with Gasteiger partial charge in [0.2, 0.25) is 0 Å². The highest BCUT2D eigenvalue weighted by atomic mass is 35.5. The third kappa shape index (κ3) is 2.01. The van der Waals surface area contributed by atoms with Crippen LogP contribution in [0.25, 0.3) is 0 Å². The summed E-state index contributed by atoms with van der Waals surface area (Å²) in [5.41, 5.74) is 0.868. The molecule has 1 fully saturated rings. The number of alkyl halides is 1. The standard InChI is InChI=1S/C14H17ClO/c1-14(2)9-8-11(13(14)16)12(15)10-6-4-3-5-7-10/h3-7,11-12H,8-9H2,1-2H3. The lowest BCUT2D eigenvalue weighted by Gasteiger charge is -2.19. The van der Waals surface area contributed by atoms with E-state index < -0.39 is 0 Å². The van der Waals surface area contributed by atoms with Crippen LogP contribution in [0.5, 0.6) is 0 Å². The molecule has 0 bridgehead atoms. The Hall–Kier alpha value is -0.820. The van der Waals surface area contributed by atoms with Gasteiger partial charge in [-0.25, -0.2) is 0 Å². The van der Waals surface area contributed by atoms with Crippen molar-refractivity contribution in [3.63, 3.8) is 0 Å². The molecule has 1 saturated carbocycles. The van der Waals surface area contributed by atoms with Crippen molar-refractivity contribution in [3.05, 3.63) is 35.9 Å². The van der Waals surface area contributed by atoms with Crippen molar-refractivity contribution in [2.75, 3.05) is 0 Å². The first kappa shape index (κ1) is 11.7. The maximum Gasteiger partial charge on any atom is 0.143 e. The first-order valence-electron chi connectivity index (χ1n) is 5.76. The Morgan fingerprint density at radius 3 is 2.44 bits per heavy atom. The number of Topliss-reactive ketones (excluding diaryl/α,β-unsaturated/α-hetero) is 1. The second-order valence-electron chi connectivity index (χ2n) is 5.21. The molecule has 2 atom stereocenters. The van der Waals surface area contributed by atoms with Crippen LogP contribution in [0.3, 0.4) is 0 Å². The van der Waals surface area contributed by atoms with E-state index in [1.807, 2.05) is 44.2 Å². The van der Waals surface area contributed by atoms with Crippen LogP contribution in [-0.4, -0.2) is 5.78 Å². The summed E-state index contributed by atoms with van der Waals surface area (Å²) in [4.78, 5) is 12.2. The van der Waals surface area contributed by atoms with E-state index in [0.717, 1.165) is 18.4 Å². The SMILES string of the molecule is CC1(C)CCC(C(Cl)c2ccccc2)C1=O. The minimum absolute atomic E-state index is 0.0148. The van der Waals surface area contributed by atoms with Gasteiger partial charge in [0.05, 0.1) is 5.38 Å². The fourth-order valence-corrected chi connectivity index (χ4v) is 2.81. The van der Waals surface area contributed by atoms with Gasteiger partial charge in [-0.3, -0.25) is 4.79 Å². The predicted molar refractivity (Wildman–Crippen MR) is 66.5 cm³/mol. The zero-order chi connectivity index (χ0) is 11.8.